The fourth-order valence-electron chi connectivity index (χ4n) is 2.71. The average Bonchev–Trinajstić information content (AvgIpc) is 2.77. The maximum absolute atomic E-state index is 5.11. The van der Waals surface area contributed by atoms with Gasteiger partial charge in [-0.1, -0.05) is 20.8 Å². The van der Waals surface area contributed by atoms with E-state index >= 15 is 0 Å². The Kier molecular flexibility index (Phi) is 7.92. The van der Waals surface area contributed by atoms with E-state index in [1.807, 2.05) is 11.7 Å². The molecule has 0 spiro atoms. The Bertz CT molecular complexity index is 427. The summed E-state index contributed by atoms with van der Waals surface area (Å²) >= 11 is 3.74. The molecule has 0 fully saturated rings. The lowest BCUT2D eigenvalue weighted by Gasteiger charge is -2.32. The molecule has 0 aliphatic rings. The van der Waals surface area contributed by atoms with Crippen molar-refractivity contribution < 1.29 is 4.74 Å². The largest absolute Gasteiger partial charge is 0.383 e. The van der Waals surface area contributed by atoms with Crippen molar-refractivity contribution in [2.24, 2.45) is 12.5 Å². The molecule has 0 saturated heterocycles. The van der Waals surface area contributed by atoms with Crippen molar-refractivity contribution in [3.05, 3.63) is 15.9 Å². The minimum absolute atomic E-state index is 0.273. The first kappa shape index (κ1) is 18.7. The number of nitrogens with one attached hydrogen (secondary N) is 1. The van der Waals surface area contributed by atoms with E-state index in [2.05, 4.69) is 47.1 Å². The predicted octanol–water partition coefficient (Wildman–Crippen LogP) is 3.33. The summed E-state index contributed by atoms with van der Waals surface area (Å²) in [7, 11) is 3.79. The number of hydrogen-bond donors (Lipinski definition) is 1. The highest BCUT2D eigenvalue weighted by Gasteiger charge is 2.29. The molecule has 0 aliphatic carbocycles. The third-order valence-corrected chi connectivity index (χ3v) is 5.44. The molecule has 1 heterocycles. The van der Waals surface area contributed by atoms with Gasteiger partial charge in [0.15, 0.2) is 0 Å². The second kappa shape index (κ2) is 8.91. The molecule has 0 saturated carbocycles. The fraction of sp³-hybridized carbons (Fsp3) is 0.812. The van der Waals surface area contributed by atoms with E-state index in [0.29, 0.717) is 0 Å². The van der Waals surface area contributed by atoms with Crippen molar-refractivity contribution in [2.45, 2.75) is 46.5 Å². The minimum atomic E-state index is 0.273. The van der Waals surface area contributed by atoms with Crippen LogP contribution in [0.5, 0.6) is 0 Å². The number of methoxy groups -OCH3 is 1. The number of nitrogens with zero attached hydrogens (tertiary/aromatic N) is 2. The normalized spacial score (nSPS) is 12.1. The van der Waals surface area contributed by atoms with Crippen molar-refractivity contribution in [1.29, 1.82) is 0 Å². The van der Waals surface area contributed by atoms with Gasteiger partial charge in [0.2, 0.25) is 0 Å². The van der Waals surface area contributed by atoms with Crippen LogP contribution in [-0.4, -0.2) is 36.6 Å². The smallest absolute Gasteiger partial charge is 0.0766 e. The lowest BCUT2D eigenvalue weighted by molar-refractivity contribution is 0.184. The highest BCUT2D eigenvalue weighted by Crippen LogP contribution is 2.34. The van der Waals surface area contributed by atoms with Gasteiger partial charge in [0, 0.05) is 27.2 Å². The van der Waals surface area contributed by atoms with Crippen LogP contribution in [0.1, 0.15) is 45.0 Å². The first-order chi connectivity index (χ1) is 10.0. The number of rotatable bonds is 10. The maximum Gasteiger partial charge on any atom is 0.0766 e. The minimum Gasteiger partial charge on any atom is -0.383 e. The maximum atomic E-state index is 5.11. The van der Waals surface area contributed by atoms with Crippen LogP contribution in [0.3, 0.4) is 0 Å². The molecule has 1 aromatic heterocycles. The van der Waals surface area contributed by atoms with Crippen LogP contribution in [0, 0.1) is 5.41 Å². The van der Waals surface area contributed by atoms with Crippen LogP contribution in [0.4, 0.5) is 0 Å². The van der Waals surface area contributed by atoms with E-state index in [1.165, 1.54) is 10.2 Å². The van der Waals surface area contributed by atoms with Crippen molar-refractivity contribution in [2.75, 3.05) is 26.8 Å². The summed E-state index contributed by atoms with van der Waals surface area (Å²) in [4.78, 5) is 0. The van der Waals surface area contributed by atoms with Crippen LogP contribution in [0.25, 0.3) is 0 Å². The van der Waals surface area contributed by atoms with Gasteiger partial charge in [-0.15, -0.1) is 0 Å². The quantitative estimate of drug-likeness (QED) is 0.651. The van der Waals surface area contributed by atoms with Gasteiger partial charge in [-0.25, -0.2) is 0 Å². The molecule has 5 heteroatoms. The summed E-state index contributed by atoms with van der Waals surface area (Å²) in [5, 5.41) is 8.16. The molecule has 0 atom stereocenters. The monoisotopic (exact) mass is 359 g/mol. The van der Waals surface area contributed by atoms with E-state index in [9.17, 15) is 0 Å². The van der Waals surface area contributed by atoms with Gasteiger partial charge >= 0.3 is 0 Å². The molecule has 0 amide bonds. The Labute approximate surface area is 137 Å². The SMILES string of the molecule is CCc1nn(C)c(CC(CC)(CC)CNCCOC)c1Br. The van der Waals surface area contributed by atoms with Crippen LogP contribution >= 0.6 is 15.9 Å². The van der Waals surface area contributed by atoms with Gasteiger partial charge in [0.05, 0.1) is 22.5 Å². The third kappa shape index (κ3) is 4.80. The Morgan fingerprint density at radius 3 is 2.43 bits per heavy atom. The van der Waals surface area contributed by atoms with Crippen molar-refractivity contribution in [3.8, 4) is 0 Å². The molecule has 122 valence electrons. The number of aryl methyl sites for hydroxylation is 2. The molecular formula is C16H30BrN3O. The van der Waals surface area contributed by atoms with Gasteiger partial charge in [0.25, 0.3) is 0 Å². The van der Waals surface area contributed by atoms with Crippen LogP contribution in [-0.2, 0) is 24.6 Å². The lowest BCUT2D eigenvalue weighted by atomic mass is 9.78. The molecule has 0 radical (unpaired) electrons. The van der Waals surface area contributed by atoms with Gasteiger partial charge in [-0.05, 0) is 47.0 Å². The zero-order chi connectivity index (χ0) is 15.9. The zero-order valence-electron chi connectivity index (χ0n) is 14.1. The first-order valence-corrected chi connectivity index (χ1v) is 8.72. The molecule has 0 bridgehead atoms. The second-order valence-corrected chi connectivity index (χ2v) is 6.53. The Morgan fingerprint density at radius 1 is 1.29 bits per heavy atom. The average molecular weight is 360 g/mol. The highest BCUT2D eigenvalue weighted by molar-refractivity contribution is 9.10. The van der Waals surface area contributed by atoms with Gasteiger partial charge in [0.1, 0.15) is 0 Å². The summed E-state index contributed by atoms with van der Waals surface area (Å²) in [6.45, 7) is 9.40. The molecule has 1 N–H and O–H groups in total. The van der Waals surface area contributed by atoms with Crippen molar-refractivity contribution in [1.82, 2.24) is 15.1 Å². The number of ether oxygens (including phenoxy) is 1. The summed E-state index contributed by atoms with van der Waals surface area (Å²) in [6, 6.07) is 0. The molecule has 1 aromatic rings. The van der Waals surface area contributed by atoms with Crippen molar-refractivity contribution >= 4 is 15.9 Å². The zero-order valence-corrected chi connectivity index (χ0v) is 15.7. The van der Waals surface area contributed by atoms with Gasteiger partial charge in [-0.3, -0.25) is 4.68 Å². The molecule has 0 aromatic carbocycles. The first-order valence-electron chi connectivity index (χ1n) is 7.93. The molecule has 0 aliphatic heterocycles. The Hall–Kier alpha value is -0.390. The summed E-state index contributed by atoms with van der Waals surface area (Å²) in [5.41, 5.74) is 2.74. The Balaban J connectivity index is 2.84. The van der Waals surface area contributed by atoms with Crippen LogP contribution in [0.15, 0.2) is 4.47 Å². The molecule has 21 heavy (non-hydrogen) atoms. The molecule has 0 unspecified atom stereocenters. The van der Waals surface area contributed by atoms with E-state index in [-0.39, 0.29) is 5.41 Å². The third-order valence-electron chi connectivity index (χ3n) is 4.53. The Morgan fingerprint density at radius 2 is 1.95 bits per heavy atom. The lowest BCUT2D eigenvalue weighted by Crippen LogP contribution is -2.37. The summed E-state index contributed by atoms with van der Waals surface area (Å²) < 4.78 is 8.34. The van der Waals surface area contributed by atoms with Crippen LogP contribution < -0.4 is 5.32 Å². The highest BCUT2D eigenvalue weighted by atomic mass is 79.9. The fourth-order valence-corrected chi connectivity index (χ4v) is 3.46. The summed E-state index contributed by atoms with van der Waals surface area (Å²) in [6.07, 6.45) is 4.32. The molecular weight excluding hydrogens is 330 g/mol. The summed E-state index contributed by atoms with van der Waals surface area (Å²) in [5.74, 6) is 0. The number of halogens is 1. The standard InChI is InChI=1S/C16H30BrN3O/c1-6-13-15(17)14(20(4)19-13)11-16(7-2,8-3)12-18-9-10-21-5/h18H,6-12H2,1-5H3. The van der Waals surface area contributed by atoms with E-state index < -0.39 is 0 Å². The van der Waals surface area contributed by atoms with E-state index in [0.717, 1.165) is 51.1 Å². The van der Waals surface area contributed by atoms with Crippen LogP contribution in [0.2, 0.25) is 0 Å². The molecule has 1 rings (SSSR count). The van der Waals surface area contributed by atoms with Gasteiger partial charge in [-0.2, -0.15) is 5.10 Å². The predicted molar refractivity (Wildman–Crippen MR) is 91.8 cm³/mol. The topological polar surface area (TPSA) is 39.1 Å². The number of hydrogen-bond acceptors (Lipinski definition) is 3. The van der Waals surface area contributed by atoms with E-state index in [1.54, 1.807) is 7.11 Å². The molecule has 4 nitrogen and oxygen atoms in total. The van der Waals surface area contributed by atoms with E-state index in [4.69, 9.17) is 4.74 Å². The van der Waals surface area contributed by atoms with Gasteiger partial charge < -0.3 is 10.1 Å². The second-order valence-electron chi connectivity index (χ2n) is 5.74. The van der Waals surface area contributed by atoms with Crippen molar-refractivity contribution in [3.63, 3.8) is 0 Å². The number of aromatic nitrogens is 2.